The summed E-state index contributed by atoms with van der Waals surface area (Å²) in [6, 6.07) is 8.59. The number of nitrogens with zero attached hydrogens (tertiary/aromatic N) is 3. The molecular weight excluding hydrogens is 250 g/mol. The third-order valence-corrected chi connectivity index (χ3v) is 4.01. The molecule has 0 atom stereocenters. The molecule has 1 aliphatic rings. The Kier molecular flexibility index (Phi) is 2.69. The largest absolute Gasteiger partial charge is 0.324 e. The molecule has 2 aromatic heterocycles. The summed E-state index contributed by atoms with van der Waals surface area (Å²) >= 11 is 0. The van der Waals surface area contributed by atoms with E-state index in [2.05, 4.69) is 31.0 Å². The molecule has 2 N–H and O–H groups in total. The zero-order valence-electron chi connectivity index (χ0n) is 11.2. The second-order valence-corrected chi connectivity index (χ2v) is 5.32. The van der Waals surface area contributed by atoms with E-state index in [4.69, 9.17) is 0 Å². The number of hydrogen-bond donors (Lipinski definition) is 2. The van der Waals surface area contributed by atoms with E-state index in [9.17, 15) is 0 Å². The average Bonchev–Trinajstić information content (AvgIpc) is 3.18. The predicted octanol–water partition coefficient (Wildman–Crippen LogP) is 3.62. The SMILES string of the molecule is c1ccc2[nH]c(Nc3nccn3C3CCCC3)nc2c1. The highest BCUT2D eigenvalue weighted by molar-refractivity contribution is 5.77. The van der Waals surface area contributed by atoms with Gasteiger partial charge in [-0.15, -0.1) is 0 Å². The quantitative estimate of drug-likeness (QED) is 0.762. The van der Waals surface area contributed by atoms with Gasteiger partial charge in [-0.05, 0) is 25.0 Å². The van der Waals surface area contributed by atoms with Crippen LogP contribution in [0.2, 0.25) is 0 Å². The topological polar surface area (TPSA) is 58.5 Å². The van der Waals surface area contributed by atoms with Gasteiger partial charge in [0, 0.05) is 18.4 Å². The molecule has 0 amide bonds. The number of imidazole rings is 2. The molecule has 20 heavy (non-hydrogen) atoms. The van der Waals surface area contributed by atoms with Crippen LogP contribution in [0.4, 0.5) is 11.9 Å². The summed E-state index contributed by atoms with van der Waals surface area (Å²) in [5.41, 5.74) is 2.00. The lowest BCUT2D eigenvalue weighted by atomic mass is 10.2. The van der Waals surface area contributed by atoms with Crippen molar-refractivity contribution in [1.29, 1.82) is 0 Å². The van der Waals surface area contributed by atoms with Gasteiger partial charge < -0.3 is 9.55 Å². The minimum absolute atomic E-state index is 0.573. The molecule has 0 spiro atoms. The van der Waals surface area contributed by atoms with Gasteiger partial charge >= 0.3 is 0 Å². The molecule has 1 aromatic carbocycles. The van der Waals surface area contributed by atoms with Gasteiger partial charge in [-0.25, -0.2) is 9.97 Å². The molecule has 1 saturated carbocycles. The van der Waals surface area contributed by atoms with E-state index in [0.717, 1.165) is 22.9 Å². The summed E-state index contributed by atoms with van der Waals surface area (Å²) in [5.74, 6) is 1.62. The van der Waals surface area contributed by atoms with Crippen LogP contribution in [0, 0.1) is 0 Å². The number of benzene rings is 1. The Morgan fingerprint density at radius 1 is 1.20 bits per heavy atom. The van der Waals surface area contributed by atoms with Gasteiger partial charge in [-0.1, -0.05) is 25.0 Å². The van der Waals surface area contributed by atoms with E-state index in [0.29, 0.717) is 6.04 Å². The van der Waals surface area contributed by atoms with Gasteiger partial charge in [0.25, 0.3) is 0 Å². The van der Waals surface area contributed by atoms with Crippen molar-refractivity contribution in [1.82, 2.24) is 19.5 Å². The number of para-hydroxylation sites is 2. The Labute approximate surface area is 117 Å². The number of nitrogens with one attached hydrogen (secondary N) is 2. The van der Waals surface area contributed by atoms with E-state index in [1.807, 2.05) is 30.5 Å². The molecule has 0 radical (unpaired) electrons. The van der Waals surface area contributed by atoms with Crippen LogP contribution in [0.5, 0.6) is 0 Å². The van der Waals surface area contributed by atoms with Crippen molar-refractivity contribution < 1.29 is 0 Å². The van der Waals surface area contributed by atoms with Crippen molar-refractivity contribution in [3.63, 3.8) is 0 Å². The van der Waals surface area contributed by atoms with Crippen LogP contribution in [0.15, 0.2) is 36.7 Å². The van der Waals surface area contributed by atoms with Crippen LogP contribution in [-0.4, -0.2) is 19.5 Å². The Hall–Kier alpha value is -2.30. The van der Waals surface area contributed by atoms with Crippen LogP contribution in [0.3, 0.4) is 0 Å². The Morgan fingerprint density at radius 2 is 2.05 bits per heavy atom. The molecule has 4 rings (SSSR count). The zero-order chi connectivity index (χ0) is 13.4. The maximum absolute atomic E-state index is 4.54. The van der Waals surface area contributed by atoms with Gasteiger partial charge in [-0.2, -0.15) is 0 Å². The Balaban J connectivity index is 1.63. The molecule has 5 heteroatoms. The second-order valence-electron chi connectivity index (χ2n) is 5.32. The van der Waals surface area contributed by atoms with E-state index in [-0.39, 0.29) is 0 Å². The van der Waals surface area contributed by atoms with Crippen molar-refractivity contribution in [3.8, 4) is 0 Å². The average molecular weight is 267 g/mol. The summed E-state index contributed by atoms with van der Waals surface area (Å²) in [6.45, 7) is 0. The minimum atomic E-state index is 0.573. The number of H-pyrrole nitrogens is 1. The molecular formula is C15H17N5. The highest BCUT2D eigenvalue weighted by Gasteiger charge is 2.19. The van der Waals surface area contributed by atoms with Crippen LogP contribution in [0.25, 0.3) is 11.0 Å². The van der Waals surface area contributed by atoms with Crippen molar-refractivity contribution in [2.75, 3.05) is 5.32 Å². The molecule has 0 saturated heterocycles. The van der Waals surface area contributed by atoms with E-state index >= 15 is 0 Å². The first-order valence-electron chi connectivity index (χ1n) is 7.15. The van der Waals surface area contributed by atoms with Crippen molar-refractivity contribution >= 4 is 22.9 Å². The van der Waals surface area contributed by atoms with Crippen LogP contribution in [-0.2, 0) is 0 Å². The number of fused-ring (bicyclic) bond motifs is 1. The van der Waals surface area contributed by atoms with Crippen molar-refractivity contribution in [2.24, 2.45) is 0 Å². The first-order chi connectivity index (χ1) is 9.90. The monoisotopic (exact) mass is 267 g/mol. The summed E-state index contributed by atoms with van der Waals surface area (Å²) < 4.78 is 2.24. The second kappa shape index (κ2) is 4.67. The van der Waals surface area contributed by atoms with E-state index < -0.39 is 0 Å². The van der Waals surface area contributed by atoms with Crippen LogP contribution >= 0.6 is 0 Å². The highest BCUT2D eigenvalue weighted by atomic mass is 15.3. The van der Waals surface area contributed by atoms with E-state index in [1.54, 1.807) is 0 Å². The Morgan fingerprint density at radius 3 is 2.90 bits per heavy atom. The fraction of sp³-hybridized carbons (Fsp3) is 0.333. The van der Waals surface area contributed by atoms with Gasteiger partial charge in [0.1, 0.15) is 0 Å². The molecule has 1 fully saturated rings. The summed E-state index contributed by atoms with van der Waals surface area (Å²) in [5, 5.41) is 3.30. The van der Waals surface area contributed by atoms with Gasteiger partial charge in [-0.3, -0.25) is 5.32 Å². The highest BCUT2D eigenvalue weighted by Crippen LogP contribution is 2.32. The molecule has 0 bridgehead atoms. The molecule has 102 valence electrons. The maximum Gasteiger partial charge on any atom is 0.209 e. The first kappa shape index (κ1) is 11.5. The summed E-state index contributed by atoms with van der Waals surface area (Å²) in [6.07, 6.45) is 9.01. The molecule has 0 unspecified atom stereocenters. The lowest BCUT2D eigenvalue weighted by Crippen LogP contribution is -2.08. The molecule has 2 heterocycles. The Bertz CT molecular complexity index is 688. The van der Waals surface area contributed by atoms with Gasteiger partial charge in [0.15, 0.2) is 0 Å². The normalized spacial score (nSPS) is 16.0. The smallest absolute Gasteiger partial charge is 0.209 e. The van der Waals surface area contributed by atoms with Crippen molar-refractivity contribution in [3.05, 3.63) is 36.7 Å². The number of rotatable bonds is 3. The fourth-order valence-electron chi connectivity index (χ4n) is 3.00. The lowest BCUT2D eigenvalue weighted by molar-refractivity contribution is 0.524. The van der Waals surface area contributed by atoms with E-state index in [1.165, 1.54) is 25.7 Å². The zero-order valence-corrected chi connectivity index (χ0v) is 11.2. The third-order valence-electron chi connectivity index (χ3n) is 4.01. The summed E-state index contributed by atoms with van der Waals surface area (Å²) in [4.78, 5) is 12.2. The fourth-order valence-corrected chi connectivity index (χ4v) is 3.00. The number of aromatic nitrogens is 4. The van der Waals surface area contributed by atoms with Crippen molar-refractivity contribution in [2.45, 2.75) is 31.7 Å². The number of hydrogen-bond acceptors (Lipinski definition) is 3. The molecule has 1 aliphatic carbocycles. The third kappa shape index (κ3) is 1.95. The van der Waals surface area contributed by atoms with Crippen LogP contribution in [0.1, 0.15) is 31.7 Å². The maximum atomic E-state index is 4.54. The van der Waals surface area contributed by atoms with Crippen LogP contribution < -0.4 is 5.32 Å². The lowest BCUT2D eigenvalue weighted by Gasteiger charge is -2.14. The number of aromatic amines is 1. The molecule has 5 nitrogen and oxygen atoms in total. The standard InChI is InChI=1S/C15H17N5/c1-2-6-11(5-1)20-10-9-16-15(20)19-14-17-12-7-3-4-8-13(12)18-14/h3-4,7-11H,1-2,5-6H2,(H2,16,17,18,19). The predicted molar refractivity (Wildman–Crippen MR) is 79.1 cm³/mol. The van der Waals surface area contributed by atoms with Gasteiger partial charge in [0.05, 0.1) is 11.0 Å². The van der Waals surface area contributed by atoms with Gasteiger partial charge in [0.2, 0.25) is 11.9 Å². The first-order valence-corrected chi connectivity index (χ1v) is 7.15. The summed E-state index contributed by atoms with van der Waals surface area (Å²) in [7, 11) is 0. The molecule has 0 aliphatic heterocycles. The number of anilines is 2. The molecule has 3 aromatic rings. The minimum Gasteiger partial charge on any atom is -0.324 e.